The van der Waals surface area contributed by atoms with Crippen molar-refractivity contribution in [3.8, 4) is 17.2 Å². The molecule has 0 saturated carbocycles. The van der Waals surface area contributed by atoms with Crippen LogP contribution in [-0.4, -0.2) is 35.3 Å². The zero-order valence-electron chi connectivity index (χ0n) is 18.9. The zero-order valence-corrected chi connectivity index (χ0v) is 18.9. The van der Waals surface area contributed by atoms with E-state index in [2.05, 4.69) is 16.0 Å². The van der Waals surface area contributed by atoms with Gasteiger partial charge in [0.05, 0.1) is 25.0 Å². The number of amides is 2. The molecule has 2 amide bonds. The predicted octanol–water partition coefficient (Wildman–Crippen LogP) is 3.04. The Labute approximate surface area is 197 Å². The molecule has 9 nitrogen and oxygen atoms in total. The van der Waals surface area contributed by atoms with Crippen LogP contribution in [0.15, 0.2) is 53.3 Å². The first kappa shape index (κ1) is 25.3. The van der Waals surface area contributed by atoms with Crippen LogP contribution in [0.5, 0.6) is 11.5 Å². The van der Waals surface area contributed by atoms with Gasteiger partial charge in [0.15, 0.2) is 17.2 Å². The van der Waals surface area contributed by atoms with E-state index in [1.165, 1.54) is 44.4 Å². The molecule has 0 bridgehead atoms. The van der Waals surface area contributed by atoms with E-state index >= 15 is 0 Å². The normalized spacial score (nSPS) is 11.0. The molecule has 12 heteroatoms. The maximum absolute atomic E-state index is 13.1. The predicted molar refractivity (Wildman–Crippen MR) is 119 cm³/mol. The smallest absolute Gasteiger partial charge is 0.416 e. The van der Waals surface area contributed by atoms with Crippen LogP contribution in [0.25, 0.3) is 5.69 Å². The molecule has 3 rings (SSSR count). The number of hydrazine groups is 1. The largest absolute Gasteiger partial charge is 0.493 e. The van der Waals surface area contributed by atoms with Crippen molar-refractivity contribution >= 4 is 11.8 Å². The van der Waals surface area contributed by atoms with Crippen LogP contribution in [0, 0.1) is 6.92 Å². The second kappa shape index (κ2) is 10.3. The molecule has 0 aliphatic rings. The number of carbonyl (C=O) groups is 2. The fourth-order valence-electron chi connectivity index (χ4n) is 3.11. The van der Waals surface area contributed by atoms with Crippen molar-refractivity contribution < 1.29 is 32.2 Å². The van der Waals surface area contributed by atoms with E-state index in [1.54, 1.807) is 6.92 Å². The Morgan fingerprint density at radius 2 is 1.74 bits per heavy atom. The van der Waals surface area contributed by atoms with E-state index < -0.39 is 34.7 Å². The first-order chi connectivity index (χ1) is 16.5. The number of ether oxygens (including phenoxy) is 2. The minimum Gasteiger partial charge on any atom is -0.493 e. The molecule has 0 fully saturated rings. The topological polar surface area (TPSA) is 112 Å². The molecular formula is C23H21F3N4O5. The van der Waals surface area contributed by atoms with Crippen molar-refractivity contribution in [2.24, 2.45) is 0 Å². The Kier molecular flexibility index (Phi) is 7.43. The van der Waals surface area contributed by atoms with Gasteiger partial charge in [-0.05, 0) is 50.2 Å². The van der Waals surface area contributed by atoms with Crippen LogP contribution in [0.2, 0.25) is 0 Å². The number of aryl methyl sites for hydroxylation is 1. The van der Waals surface area contributed by atoms with Crippen LogP contribution < -0.4 is 25.8 Å². The third-order valence-electron chi connectivity index (χ3n) is 4.76. The number of carbonyl (C=O) groups excluding carboxylic acids is 2. The quantitative estimate of drug-likeness (QED) is 0.514. The van der Waals surface area contributed by atoms with Gasteiger partial charge in [0, 0.05) is 17.3 Å². The number of benzene rings is 2. The van der Waals surface area contributed by atoms with Crippen molar-refractivity contribution in [1.29, 1.82) is 0 Å². The van der Waals surface area contributed by atoms with Gasteiger partial charge in [0.1, 0.15) is 0 Å². The molecule has 2 N–H and O–H groups in total. The van der Waals surface area contributed by atoms with Gasteiger partial charge >= 0.3 is 6.18 Å². The molecule has 184 valence electrons. The molecule has 0 atom stereocenters. The van der Waals surface area contributed by atoms with Gasteiger partial charge in [-0.3, -0.25) is 25.2 Å². The molecule has 2 aromatic carbocycles. The summed E-state index contributed by atoms with van der Waals surface area (Å²) in [4.78, 5) is 37.3. The van der Waals surface area contributed by atoms with Crippen LogP contribution >= 0.6 is 0 Å². The van der Waals surface area contributed by atoms with Crippen molar-refractivity contribution in [2.75, 3.05) is 13.7 Å². The van der Waals surface area contributed by atoms with E-state index in [9.17, 15) is 27.6 Å². The van der Waals surface area contributed by atoms with Crippen molar-refractivity contribution in [3.05, 3.63) is 81.3 Å². The lowest BCUT2D eigenvalue weighted by atomic mass is 10.2. The average Bonchev–Trinajstić information content (AvgIpc) is 2.82. The number of methoxy groups -OCH3 is 1. The first-order valence-corrected chi connectivity index (χ1v) is 10.2. The van der Waals surface area contributed by atoms with Crippen molar-refractivity contribution in [2.45, 2.75) is 20.0 Å². The van der Waals surface area contributed by atoms with Crippen LogP contribution in [0.3, 0.4) is 0 Å². The monoisotopic (exact) mass is 490 g/mol. The Bertz CT molecular complexity index is 1320. The lowest BCUT2D eigenvalue weighted by Gasteiger charge is -2.14. The molecule has 0 saturated heterocycles. The van der Waals surface area contributed by atoms with E-state index in [4.69, 9.17) is 9.47 Å². The van der Waals surface area contributed by atoms with Gasteiger partial charge in [-0.25, -0.2) is 4.68 Å². The second-order valence-corrected chi connectivity index (χ2v) is 7.17. The summed E-state index contributed by atoms with van der Waals surface area (Å²) in [6.45, 7) is 3.63. The minimum absolute atomic E-state index is 0.00288. The van der Waals surface area contributed by atoms with E-state index in [0.717, 1.165) is 22.9 Å². The lowest BCUT2D eigenvalue weighted by molar-refractivity contribution is -0.137. The molecule has 35 heavy (non-hydrogen) atoms. The maximum atomic E-state index is 13.1. The molecule has 1 aromatic heterocycles. The number of alkyl halides is 3. The van der Waals surface area contributed by atoms with Crippen molar-refractivity contribution in [3.63, 3.8) is 0 Å². The Balaban J connectivity index is 1.82. The fourth-order valence-corrected chi connectivity index (χ4v) is 3.11. The fraction of sp³-hybridized carbons (Fsp3) is 0.217. The van der Waals surface area contributed by atoms with E-state index in [-0.39, 0.29) is 16.9 Å². The van der Waals surface area contributed by atoms with Crippen LogP contribution in [0.4, 0.5) is 13.2 Å². The van der Waals surface area contributed by atoms with Gasteiger partial charge in [-0.1, -0.05) is 6.07 Å². The second-order valence-electron chi connectivity index (χ2n) is 7.17. The third kappa shape index (κ3) is 5.78. The highest BCUT2D eigenvalue weighted by atomic mass is 19.4. The number of nitrogens with one attached hydrogen (secondary N) is 2. The lowest BCUT2D eigenvalue weighted by Crippen LogP contribution is -2.44. The summed E-state index contributed by atoms with van der Waals surface area (Å²) in [6, 6.07) is 9.69. The highest BCUT2D eigenvalue weighted by Gasteiger charge is 2.30. The summed E-state index contributed by atoms with van der Waals surface area (Å²) in [7, 11) is 1.40. The SMILES string of the molecule is CCOc1ccc(C(=O)NNC(=O)c2nn(-c3cccc(C(F)(F)F)c3)c(C)cc2=O)cc1OC. The number of aromatic nitrogens is 2. The number of halogens is 3. The van der Waals surface area contributed by atoms with Crippen LogP contribution in [0.1, 0.15) is 39.0 Å². The van der Waals surface area contributed by atoms with Crippen molar-refractivity contribution in [1.82, 2.24) is 20.6 Å². The third-order valence-corrected chi connectivity index (χ3v) is 4.76. The highest BCUT2D eigenvalue weighted by Crippen LogP contribution is 2.30. The molecular weight excluding hydrogens is 469 g/mol. The molecule has 0 unspecified atom stereocenters. The average molecular weight is 490 g/mol. The molecule has 0 aliphatic carbocycles. The Morgan fingerprint density at radius 1 is 1.03 bits per heavy atom. The number of hydrogen-bond donors (Lipinski definition) is 2. The number of nitrogens with zero attached hydrogens (tertiary/aromatic N) is 2. The molecule has 0 radical (unpaired) electrons. The van der Waals surface area contributed by atoms with Gasteiger partial charge < -0.3 is 9.47 Å². The maximum Gasteiger partial charge on any atom is 0.416 e. The summed E-state index contributed by atoms with van der Waals surface area (Å²) in [5, 5.41) is 3.91. The minimum atomic E-state index is -4.59. The summed E-state index contributed by atoms with van der Waals surface area (Å²) in [6.07, 6.45) is -4.59. The van der Waals surface area contributed by atoms with Gasteiger partial charge in [0.2, 0.25) is 5.43 Å². The van der Waals surface area contributed by atoms with Crippen LogP contribution in [-0.2, 0) is 6.18 Å². The van der Waals surface area contributed by atoms with Gasteiger partial charge in [0.25, 0.3) is 11.8 Å². The number of rotatable bonds is 6. The summed E-state index contributed by atoms with van der Waals surface area (Å²) in [5.74, 6) is -1.04. The Hall–Kier alpha value is -4.35. The summed E-state index contributed by atoms with van der Waals surface area (Å²) < 4.78 is 50.8. The molecule has 0 spiro atoms. The number of hydrogen-bond acceptors (Lipinski definition) is 6. The summed E-state index contributed by atoms with van der Waals surface area (Å²) >= 11 is 0. The first-order valence-electron chi connectivity index (χ1n) is 10.2. The standard InChI is InChI=1S/C23H21F3N4O5/c1-4-35-18-9-8-14(11-19(18)34-3)21(32)27-28-22(33)20-17(31)10-13(2)30(29-20)16-7-5-6-15(12-16)23(24,25)26/h5-12H,4H2,1-3H3,(H,27,32)(H,28,33). The molecule has 3 aromatic rings. The van der Waals surface area contributed by atoms with Gasteiger partial charge in [-0.2, -0.15) is 18.3 Å². The Morgan fingerprint density at radius 3 is 2.40 bits per heavy atom. The van der Waals surface area contributed by atoms with E-state index in [1.807, 2.05) is 0 Å². The zero-order chi connectivity index (χ0) is 25.8. The highest BCUT2D eigenvalue weighted by molar-refractivity contribution is 5.98. The van der Waals surface area contributed by atoms with Gasteiger partial charge in [-0.15, -0.1) is 0 Å². The molecule has 1 heterocycles. The summed E-state index contributed by atoms with van der Waals surface area (Å²) in [5.41, 5.74) is 2.25. The van der Waals surface area contributed by atoms with E-state index in [0.29, 0.717) is 18.1 Å². The molecule has 0 aliphatic heterocycles.